The molecule has 2 N–H and O–H groups in total. The number of benzene rings is 1. The second kappa shape index (κ2) is 5.57. The number of hydrogen-bond acceptors (Lipinski definition) is 4. The summed E-state index contributed by atoms with van der Waals surface area (Å²) in [6.45, 7) is 0. The lowest BCUT2D eigenvalue weighted by Gasteiger charge is -2.07. The van der Waals surface area contributed by atoms with E-state index in [9.17, 15) is 8.42 Å². The van der Waals surface area contributed by atoms with Crippen LogP contribution in [-0.4, -0.2) is 23.2 Å². The molecule has 21 heavy (non-hydrogen) atoms. The molecular formula is C14H18N4O2S. The van der Waals surface area contributed by atoms with Crippen LogP contribution in [0.2, 0.25) is 0 Å². The van der Waals surface area contributed by atoms with Crippen LogP contribution in [-0.2, 0) is 22.9 Å². The molecule has 0 saturated heterocycles. The molecule has 1 aliphatic rings. The third-order valence-corrected chi connectivity index (χ3v) is 4.40. The first-order valence-corrected chi connectivity index (χ1v) is 8.61. The van der Waals surface area contributed by atoms with E-state index in [-0.39, 0.29) is 11.2 Å². The first-order valence-electron chi connectivity index (χ1n) is 7.06. The Labute approximate surface area is 124 Å². The lowest BCUT2D eigenvalue weighted by molar-refractivity contribution is 0.556. The average Bonchev–Trinajstić information content (AvgIpc) is 3.19. The van der Waals surface area contributed by atoms with Crippen molar-refractivity contribution in [3.05, 3.63) is 41.7 Å². The van der Waals surface area contributed by atoms with E-state index in [1.807, 2.05) is 18.2 Å². The van der Waals surface area contributed by atoms with Gasteiger partial charge in [0.25, 0.3) is 15.2 Å². The Hall–Kier alpha value is -1.73. The van der Waals surface area contributed by atoms with Gasteiger partial charge in [0.15, 0.2) is 0 Å². The molecular weight excluding hydrogens is 288 g/mol. The average molecular weight is 306 g/mol. The summed E-state index contributed by atoms with van der Waals surface area (Å²) in [6.07, 6.45) is 4.47. The van der Waals surface area contributed by atoms with Crippen molar-refractivity contribution in [2.24, 2.45) is 5.14 Å². The van der Waals surface area contributed by atoms with Crippen molar-refractivity contribution in [1.29, 1.82) is 0 Å². The normalized spacial score (nSPS) is 15.3. The van der Waals surface area contributed by atoms with Gasteiger partial charge in [-0.05, 0) is 31.2 Å². The van der Waals surface area contributed by atoms with E-state index < -0.39 is 10.0 Å². The maximum Gasteiger partial charge on any atom is 0.273 e. The smallest absolute Gasteiger partial charge is 0.273 e. The van der Waals surface area contributed by atoms with Crippen LogP contribution < -0.4 is 5.14 Å². The predicted octanol–water partition coefficient (Wildman–Crippen LogP) is 1.44. The Kier molecular flexibility index (Phi) is 3.77. The number of aryl methyl sites for hydroxylation is 2. The second-order valence-electron chi connectivity index (χ2n) is 5.38. The van der Waals surface area contributed by atoms with Gasteiger partial charge in [0, 0.05) is 12.5 Å². The van der Waals surface area contributed by atoms with Gasteiger partial charge >= 0.3 is 0 Å². The Morgan fingerprint density at radius 3 is 2.48 bits per heavy atom. The topological polar surface area (TPSA) is 90.9 Å². The first kappa shape index (κ1) is 14.2. The van der Waals surface area contributed by atoms with E-state index in [0.29, 0.717) is 6.42 Å². The molecule has 6 nitrogen and oxygen atoms in total. The molecule has 1 aliphatic carbocycles. The van der Waals surface area contributed by atoms with Crippen molar-refractivity contribution in [3.63, 3.8) is 0 Å². The third kappa shape index (κ3) is 3.30. The molecule has 112 valence electrons. The monoisotopic (exact) mass is 306 g/mol. The van der Waals surface area contributed by atoms with Crippen LogP contribution in [0.1, 0.15) is 36.7 Å². The van der Waals surface area contributed by atoms with Crippen molar-refractivity contribution < 1.29 is 8.42 Å². The molecule has 7 heteroatoms. The molecule has 0 radical (unpaired) electrons. The van der Waals surface area contributed by atoms with Crippen molar-refractivity contribution in [2.75, 3.05) is 0 Å². The molecule has 0 aliphatic heterocycles. The number of nitrogens with two attached hydrogens (primary N) is 1. The number of aromatic nitrogens is 3. The molecule has 2 aromatic rings. The molecule has 3 rings (SSSR count). The van der Waals surface area contributed by atoms with Crippen molar-refractivity contribution in [1.82, 2.24) is 14.8 Å². The summed E-state index contributed by atoms with van der Waals surface area (Å²) in [7, 11) is -3.81. The Morgan fingerprint density at radius 2 is 1.86 bits per heavy atom. The van der Waals surface area contributed by atoms with Crippen molar-refractivity contribution in [3.8, 4) is 0 Å². The molecule has 0 unspecified atom stereocenters. The van der Waals surface area contributed by atoms with E-state index in [1.54, 1.807) is 4.57 Å². The van der Waals surface area contributed by atoms with Crippen LogP contribution in [0.4, 0.5) is 0 Å². The van der Waals surface area contributed by atoms with Gasteiger partial charge in [0.1, 0.15) is 5.82 Å². The minimum Gasteiger partial charge on any atom is -0.298 e. The van der Waals surface area contributed by atoms with E-state index in [0.717, 1.165) is 31.5 Å². The largest absolute Gasteiger partial charge is 0.298 e. The van der Waals surface area contributed by atoms with Gasteiger partial charge < -0.3 is 0 Å². The maximum absolute atomic E-state index is 11.5. The van der Waals surface area contributed by atoms with E-state index in [4.69, 9.17) is 5.14 Å². The lowest BCUT2D eigenvalue weighted by Crippen LogP contribution is -2.19. The lowest BCUT2D eigenvalue weighted by atomic mass is 10.1. The highest BCUT2D eigenvalue weighted by molar-refractivity contribution is 7.89. The zero-order valence-corrected chi connectivity index (χ0v) is 12.5. The Bertz CT molecular complexity index is 721. The fraction of sp³-hybridized carbons (Fsp3) is 0.429. The summed E-state index contributed by atoms with van der Waals surface area (Å²) in [6, 6.07) is 10.4. The third-order valence-electron chi connectivity index (χ3n) is 3.61. The molecule has 0 bridgehead atoms. The fourth-order valence-corrected chi connectivity index (χ4v) is 3.15. The molecule has 1 aromatic carbocycles. The number of hydrogen-bond donors (Lipinski definition) is 1. The highest BCUT2D eigenvalue weighted by atomic mass is 32.2. The van der Waals surface area contributed by atoms with E-state index in [2.05, 4.69) is 22.3 Å². The molecule has 0 atom stereocenters. The van der Waals surface area contributed by atoms with E-state index in [1.165, 1.54) is 5.56 Å². The highest BCUT2D eigenvalue weighted by Gasteiger charge is 2.32. The number of primary sulfonamides is 1. The van der Waals surface area contributed by atoms with Gasteiger partial charge in [-0.3, -0.25) is 4.57 Å². The molecule has 1 heterocycles. The van der Waals surface area contributed by atoms with Crippen LogP contribution >= 0.6 is 0 Å². The van der Waals surface area contributed by atoms with E-state index >= 15 is 0 Å². The summed E-state index contributed by atoms with van der Waals surface area (Å²) in [4.78, 5) is 0. The number of nitrogens with zero attached hydrogens (tertiary/aromatic N) is 3. The number of sulfonamides is 1. The summed E-state index contributed by atoms with van der Waals surface area (Å²) < 4.78 is 24.8. The molecule has 1 fully saturated rings. The molecule has 0 amide bonds. The van der Waals surface area contributed by atoms with Crippen molar-refractivity contribution >= 4 is 10.0 Å². The fourth-order valence-electron chi connectivity index (χ4n) is 2.47. The van der Waals surface area contributed by atoms with Gasteiger partial charge in [-0.15, -0.1) is 10.2 Å². The zero-order chi connectivity index (χ0) is 14.9. The minimum atomic E-state index is -3.81. The molecule has 1 saturated carbocycles. The van der Waals surface area contributed by atoms with Gasteiger partial charge in [-0.1, -0.05) is 30.3 Å². The Balaban J connectivity index is 1.72. The van der Waals surface area contributed by atoms with Gasteiger partial charge in [-0.25, -0.2) is 13.6 Å². The molecule has 0 spiro atoms. The summed E-state index contributed by atoms with van der Waals surface area (Å²) in [5, 5.41) is 12.9. The Morgan fingerprint density at radius 1 is 1.14 bits per heavy atom. The first-order chi connectivity index (χ1) is 10.1. The maximum atomic E-state index is 11.5. The summed E-state index contributed by atoms with van der Waals surface area (Å²) in [5.41, 5.74) is 1.27. The highest BCUT2D eigenvalue weighted by Crippen LogP contribution is 2.37. The SMILES string of the molecule is NS(=O)(=O)c1nnc(CCCc2ccccc2)n1C1CC1. The van der Waals surface area contributed by atoms with Crippen LogP contribution in [0.15, 0.2) is 35.5 Å². The second-order valence-corrected chi connectivity index (χ2v) is 6.84. The van der Waals surface area contributed by atoms with Gasteiger partial charge in [0.2, 0.25) is 0 Å². The summed E-state index contributed by atoms with van der Waals surface area (Å²) in [5.74, 6) is 0.720. The molecule has 1 aromatic heterocycles. The van der Waals surface area contributed by atoms with Gasteiger partial charge in [-0.2, -0.15) is 0 Å². The van der Waals surface area contributed by atoms with Crippen molar-refractivity contribution in [2.45, 2.75) is 43.3 Å². The zero-order valence-electron chi connectivity index (χ0n) is 11.6. The van der Waals surface area contributed by atoms with Gasteiger partial charge in [0.05, 0.1) is 0 Å². The quantitative estimate of drug-likeness (QED) is 0.874. The van der Waals surface area contributed by atoms with Crippen LogP contribution in [0.3, 0.4) is 0 Å². The standard InChI is InChI=1S/C14H18N4O2S/c15-21(19,20)14-17-16-13(18(14)12-9-10-12)8-4-7-11-5-2-1-3-6-11/h1-3,5-6,12H,4,7-10H2,(H2,15,19,20). The van der Waals surface area contributed by atoms with Crippen LogP contribution in [0.25, 0.3) is 0 Å². The van der Waals surface area contributed by atoms with Crippen LogP contribution in [0.5, 0.6) is 0 Å². The minimum absolute atomic E-state index is 0.0975. The predicted molar refractivity (Wildman–Crippen MR) is 78.1 cm³/mol. The summed E-state index contributed by atoms with van der Waals surface area (Å²) >= 11 is 0. The van der Waals surface area contributed by atoms with Crippen LogP contribution in [0, 0.1) is 0 Å². The number of rotatable bonds is 6.